The Morgan fingerprint density at radius 1 is 0.875 bits per heavy atom. The van der Waals surface area contributed by atoms with Gasteiger partial charge in [-0.25, -0.2) is 0 Å². The Morgan fingerprint density at radius 3 is 1.75 bits per heavy atom. The van der Waals surface area contributed by atoms with E-state index in [9.17, 15) is 0 Å². The van der Waals surface area contributed by atoms with E-state index in [2.05, 4.69) is 46.9 Å². The van der Waals surface area contributed by atoms with Crippen molar-refractivity contribution in [3.8, 4) is 0 Å². The average molecular weight is 443 g/mol. The molecule has 2 unspecified atom stereocenters. The summed E-state index contributed by atoms with van der Waals surface area (Å²) in [5, 5.41) is 0. The first kappa shape index (κ1) is 24.2. The minimum atomic E-state index is -2.33. The molecule has 0 bridgehead atoms. The quantitative estimate of drug-likeness (QED) is 0.127. The molecule has 0 aliphatic heterocycles. The van der Waals surface area contributed by atoms with E-state index >= 15 is 0 Å². The van der Waals surface area contributed by atoms with E-state index in [1.165, 1.54) is 64.7 Å². The fourth-order valence-corrected chi connectivity index (χ4v) is 21.4. The maximum atomic E-state index is 6.64. The molecule has 0 aliphatic rings. The van der Waals surface area contributed by atoms with E-state index in [1.807, 2.05) is 6.08 Å². The van der Waals surface area contributed by atoms with Gasteiger partial charge in [0, 0.05) is 0 Å². The predicted octanol–water partition coefficient (Wildman–Crippen LogP) is 7.69. The summed E-state index contributed by atoms with van der Waals surface area (Å²) < 4.78 is 11.8. The number of ether oxygens (including phenoxy) is 1. The first-order valence-electron chi connectivity index (χ1n) is 10.5. The van der Waals surface area contributed by atoms with Crippen LogP contribution in [0, 0.1) is 0 Å². The summed E-state index contributed by atoms with van der Waals surface area (Å²) in [5.41, 5.74) is 0. The van der Waals surface area contributed by atoms with Crippen molar-refractivity contribution in [1.29, 1.82) is 0 Å². The third-order valence-corrected chi connectivity index (χ3v) is 22.0. The van der Waals surface area contributed by atoms with Crippen LogP contribution < -0.4 is 0 Å². The molecule has 0 heterocycles. The van der Waals surface area contributed by atoms with Crippen molar-refractivity contribution in [1.82, 2.24) is 0 Å². The molecule has 0 rings (SSSR count). The fraction of sp³-hybridized carbons (Fsp3) is 0.818. The second-order valence-electron chi connectivity index (χ2n) is 7.46. The monoisotopic (exact) mass is 444 g/mol. The van der Waals surface area contributed by atoms with Crippen molar-refractivity contribution < 1.29 is 4.74 Å². The molecule has 0 aromatic heterocycles. The van der Waals surface area contributed by atoms with Crippen LogP contribution in [0.5, 0.6) is 0 Å². The van der Waals surface area contributed by atoms with Crippen LogP contribution in [0.1, 0.15) is 85.5 Å². The van der Waals surface area contributed by atoms with Gasteiger partial charge in [0.15, 0.2) is 0 Å². The second-order valence-corrected chi connectivity index (χ2v) is 21.4. The molecule has 24 heavy (non-hydrogen) atoms. The van der Waals surface area contributed by atoms with Gasteiger partial charge >= 0.3 is 157 Å². The predicted molar refractivity (Wildman–Crippen MR) is 113 cm³/mol. The number of rotatable bonds is 17. The van der Waals surface area contributed by atoms with Gasteiger partial charge in [-0.2, -0.15) is 0 Å². The SMILES string of the molecule is C=CCCC[CH](OC(C)C=C)[Sn]([CH2]CCC)([CH2]CCC)[CH2]CCC. The molecule has 1 nitrogen and oxygen atoms in total. The van der Waals surface area contributed by atoms with Crippen LogP contribution in [-0.4, -0.2) is 28.6 Å². The van der Waals surface area contributed by atoms with Gasteiger partial charge in [0.2, 0.25) is 0 Å². The van der Waals surface area contributed by atoms with E-state index in [0.29, 0.717) is 4.12 Å². The van der Waals surface area contributed by atoms with Gasteiger partial charge in [-0.1, -0.05) is 0 Å². The van der Waals surface area contributed by atoms with Crippen LogP contribution in [0.2, 0.25) is 13.3 Å². The Morgan fingerprint density at radius 2 is 1.38 bits per heavy atom. The first-order chi connectivity index (χ1) is 11.6. The summed E-state index contributed by atoms with van der Waals surface area (Å²) in [5.74, 6) is 0. The van der Waals surface area contributed by atoms with Crippen LogP contribution in [0.15, 0.2) is 25.3 Å². The van der Waals surface area contributed by atoms with E-state index in [-0.39, 0.29) is 6.10 Å². The molecule has 0 aliphatic carbocycles. The summed E-state index contributed by atoms with van der Waals surface area (Å²) in [6.45, 7) is 17.1. The summed E-state index contributed by atoms with van der Waals surface area (Å²) in [6.07, 6.45) is 16.1. The molecule has 0 N–H and O–H groups in total. The van der Waals surface area contributed by atoms with Crippen molar-refractivity contribution in [2.24, 2.45) is 0 Å². The summed E-state index contributed by atoms with van der Waals surface area (Å²) in [6, 6.07) is 0. The maximum absolute atomic E-state index is 6.64. The van der Waals surface area contributed by atoms with Gasteiger partial charge < -0.3 is 0 Å². The third-order valence-electron chi connectivity index (χ3n) is 5.35. The van der Waals surface area contributed by atoms with Gasteiger partial charge in [0.25, 0.3) is 0 Å². The molecule has 0 aromatic carbocycles. The molecule has 2 heteroatoms. The number of hydrogen-bond acceptors (Lipinski definition) is 1. The van der Waals surface area contributed by atoms with Gasteiger partial charge in [-0.3, -0.25) is 0 Å². The molecule has 0 aromatic rings. The van der Waals surface area contributed by atoms with Gasteiger partial charge in [-0.15, -0.1) is 0 Å². The van der Waals surface area contributed by atoms with Crippen molar-refractivity contribution in [2.45, 2.75) is 109 Å². The van der Waals surface area contributed by atoms with Gasteiger partial charge in [0.1, 0.15) is 0 Å². The van der Waals surface area contributed by atoms with Crippen LogP contribution in [-0.2, 0) is 4.74 Å². The molecule has 142 valence electrons. The van der Waals surface area contributed by atoms with E-state index in [0.717, 1.165) is 6.42 Å². The zero-order chi connectivity index (χ0) is 18.3. The van der Waals surface area contributed by atoms with Crippen LogP contribution in [0.4, 0.5) is 0 Å². The average Bonchev–Trinajstić information content (AvgIpc) is 2.60. The van der Waals surface area contributed by atoms with Crippen LogP contribution >= 0.6 is 0 Å². The standard InChI is InChI=1S/C10H17O.3C4H9.Sn/c1-4-6-7-8-9-11-10(3)5-2;3*1-3-4-2;/h4-5,9-10H,1-2,6-8H2,3H3;3*1,3-4H2,2H3;. The van der Waals surface area contributed by atoms with Crippen LogP contribution in [0.25, 0.3) is 0 Å². The van der Waals surface area contributed by atoms with Gasteiger partial charge in [-0.05, 0) is 0 Å². The molecular weight excluding hydrogens is 399 g/mol. The second kappa shape index (κ2) is 15.5. The Kier molecular flexibility index (Phi) is 15.6. The molecule has 0 spiro atoms. The fourth-order valence-electron chi connectivity index (χ4n) is 3.73. The molecule has 0 amide bonds. The Bertz CT molecular complexity index is 291. The first-order valence-corrected chi connectivity index (χ1v) is 18.2. The summed E-state index contributed by atoms with van der Waals surface area (Å²) >= 11 is -2.33. The van der Waals surface area contributed by atoms with Crippen molar-refractivity contribution >= 4 is 18.4 Å². The Hall–Kier alpha value is 0.239. The number of hydrogen-bond donors (Lipinski definition) is 0. The number of unbranched alkanes of at least 4 members (excludes halogenated alkanes) is 4. The van der Waals surface area contributed by atoms with E-state index in [4.69, 9.17) is 4.74 Å². The summed E-state index contributed by atoms with van der Waals surface area (Å²) in [7, 11) is 0. The van der Waals surface area contributed by atoms with Crippen LogP contribution in [0.3, 0.4) is 0 Å². The zero-order valence-electron chi connectivity index (χ0n) is 17.1. The molecule has 0 saturated heterocycles. The third kappa shape index (κ3) is 9.65. The Balaban J connectivity index is 5.39. The molecule has 0 radical (unpaired) electrons. The van der Waals surface area contributed by atoms with Gasteiger partial charge in [0.05, 0.1) is 0 Å². The van der Waals surface area contributed by atoms with E-state index < -0.39 is 18.4 Å². The minimum absolute atomic E-state index is 0.194. The molecule has 0 fully saturated rings. The van der Waals surface area contributed by atoms with Crippen molar-refractivity contribution in [3.63, 3.8) is 0 Å². The summed E-state index contributed by atoms with van der Waals surface area (Å²) in [4.78, 5) is 0. The Labute approximate surface area is 157 Å². The normalized spacial score (nSPS) is 14.3. The van der Waals surface area contributed by atoms with Crippen molar-refractivity contribution in [2.75, 3.05) is 0 Å². The number of allylic oxidation sites excluding steroid dienone is 1. The molecule has 2 atom stereocenters. The van der Waals surface area contributed by atoms with Crippen molar-refractivity contribution in [3.05, 3.63) is 25.3 Å². The molecule has 0 saturated carbocycles. The van der Waals surface area contributed by atoms with E-state index in [1.54, 1.807) is 0 Å². The zero-order valence-corrected chi connectivity index (χ0v) is 20.0. The topological polar surface area (TPSA) is 9.23 Å². The molecular formula is C22H44OSn.